The van der Waals surface area contributed by atoms with Gasteiger partial charge in [0.2, 0.25) is 5.91 Å². The topological polar surface area (TPSA) is 50.4 Å². The highest BCUT2D eigenvalue weighted by atomic mass is 19.1. The van der Waals surface area contributed by atoms with E-state index >= 15 is 0 Å². The Balaban J connectivity index is 1.57. The summed E-state index contributed by atoms with van der Waals surface area (Å²) < 4.78 is 18.3. The second-order valence-corrected chi connectivity index (χ2v) is 5.79. The third-order valence-corrected chi connectivity index (χ3v) is 3.80. The minimum Gasteiger partial charge on any atom is -0.497 e. The smallest absolute Gasteiger partial charge is 0.228 e. The van der Waals surface area contributed by atoms with Gasteiger partial charge in [-0.2, -0.15) is 0 Å². The van der Waals surface area contributed by atoms with Gasteiger partial charge in [-0.15, -0.1) is 0 Å². The van der Waals surface area contributed by atoms with Crippen LogP contribution in [0.15, 0.2) is 72.8 Å². The molecule has 0 heterocycles. The van der Waals surface area contributed by atoms with Crippen LogP contribution in [-0.4, -0.2) is 13.0 Å². The molecule has 0 atom stereocenters. The van der Waals surface area contributed by atoms with Gasteiger partial charge >= 0.3 is 0 Å². The summed E-state index contributed by atoms with van der Waals surface area (Å²) in [5.41, 5.74) is 3.17. The molecule has 0 fully saturated rings. The van der Waals surface area contributed by atoms with E-state index in [-0.39, 0.29) is 18.1 Å². The van der Waals surface area contributed by atoms with E-state index in [0.29, 0.717) is 11.3 Å². The molecule has 0 saturated carbocycles. The van der Waals surface area contributed by atoms with Crippen LogP contribution in [0.4, 0.5) is 21.5 Å². The number of nitrogens with one attached hydrogen (secondary N) is 2. The number of hydrogen-bond donors (Lipinski definition) is 2. The van der Waals surface area contributed by atoms with Gasteiger partial charge in [-0.3, -0.25) is 4.79 Å². The van der Waals surface area contributed by atoms with E-state index in [2.05, 4.69) is 10.6 Å². The third-order valence-electron chi connectivity index (χ3n) is 3.80. The summed E-state index contributed by atoms with van der Waals surface area (Å²) in [6.45, 7) is 0. The van der Waals surface area contributed by atoms with Crippen LogP contribution in [0.5, 0.6) is 5.75 Å². The molecule has 5 heteroatoms. The van der Waals surface area contributed by atoms with E-state index < -0.39 is 0 Å². The third kappa shape index (κ3) is 4.83. The molecule has 1 amide bonds. The fourth-order valence-electron chi connectivity index (χ4n) is 2.52. The zero-order valence-electron chi connectivity index (χ0n) is 14.3. The molecule has 132 valence electrons. The van der Waals surface area contributed by atoms with Gasteiger partial charge in [-0.05, 0) is 66.2 Å². The van der Waals surface area contributed by atoms with Crippen molar-refractivity contribution in [3.63, 3.8) is 0 Å². The predicted molar refractivity (Wildman–Crippen MR) is 101 cm³/mol. The van der Waals surface area contributed by atoms with Gasteiger partial charge in [0.1, 0.15) is 11.6 Å². The number of amides is 1. The summed E-state index contributed by atoms with van der Waals surface area (Å²) in [5.74, 6) is 0.266. The van der Waals surface area contributed by atoms with Crippen LogP contribution in [0, 0.1) is 5.82 Å². The van der Waals surface area contributed by atoms with Crippen molar-refractivity contribution in [2.75, 3.05) is 17.7 Å². The lowest BCUT2D eigenvalue weighted by atomic mass is 10.1. The Morgan fingerprint density at radius 2 is 1.54 bits per heavy atom. The molecule has 0 aliphatic rings. The normalized spacial score (nSPS) is 10.2. The lowest BCUT2D eigenvalue weighted by Gasteiger charge is -2.09. The van der Waals surface area contributed by atoms with Crippen LogP contribution in [0.3, 0.4) is 0 Å². The van der Waals surface area contributed by atoms with Crippen molar-refractivity contribution >= 4 is 23.0 Å². The Morgan fingerprint density at radius 3 is 2.15 bits per heavy atom. The van der Waals surface area contributed by atoms with Crippen molar-refractivity contribution in [1.29, 1.82) is 0 Å². The Bertz CT molecular complexity index is 877. The first-order valence-electron chi connectivity index (χ1n) is 8.18. The van der Waals surface area contributed by atoms with Gasteiger partial charge in [-0.1, -0.05) is 12.1 Å². The van der Waals surface area contributed by atoms with Crippen molar-refractivity contribution < 1.29 is 13.9 Å². The quantitative estimate of drug-likeness (QED) is 0.674. The standard InChI is InChI=1S/C21H19FN2O2/c1-26-20-11-9-18(10-12-20)23-17-5-7-19(8-6-17)24-21(25)14-15-3-2-4-16(22)13-15/h2-13,23H,14H2,1H3,(H,24,25). The number of hydrogen-bond acceptors (Lipinski definition) is 3. The fourth-order valence-corrected chi connectivity index (χ4v) is 2.52. The number of halogens is 1. The van der Waals surface area contributed by atoms with Crippen molar-refractivity contribution in [3.05, 3.63) is 84.2 Å². The van der Waals surface area contributed by atoms with Gasteiger partial charge < -0.3 is 15.4 Å². The number of methoxy groups -OCH3 is 1. The Labute approximate surface area is 151 Å². The monoisotopic (exact) mass is 350 g/mol. The highest BCUT2D eigenvalue weighted by molar-refractivity contribution is 5.92. The lowest BCUT2D eigenvalue weighted by molar-refractivity contribution is -0.115. The second kappa shape index (κ2) is 8.16. The Kier molecular flexibility index (Phi) is 5.49. The Hall–Kier alpha value is -3.34. The van der Waals surface area contributed by atoms with Crippen LogP contribution in [-0.2, 0) is 11.2 Å². The molecule has 0 bridgehead atoms. The summed E-state index contributed by atoms with van der Waals surface area (Å²) in [4.78, 5) is 12.1. The summed E-state index contributed by atoms with van der Waals surface area (Å²) >= 11 is 0. The molecule has 0 aromatic heterocycles. The summed E-state index contributed by atoms with van der Waals surface area (Å²) in [5, 5.41) is 6.08. The zero-order valence-corrected chi connectivity index (χ0v) is 14.3. The first kappa shape index (κ1) is 17.5. The molecule has 3 rings (SSSR count). The van der Waals surface area contributed by atoms with E-state index in [9.17, 15) is 9.18 Å². The molecule has 0 radical (unpaired) electrons. The molecular formula is C21H19FN2O2. The van der Waals surface area contributed by atoms with E-state index in [1.54, 1.807) is 19.2 Å². The maximum atomic E-state index is 13.2. The van der Waals surface area contributed by atoms with Crippen molar-refractivity contribution in [3.8, 4) is 5.75 Å². The molecule has 26 heavy (non-hydrogen) atoms. The van der Waals surface area contributed by atoms with Gasteiger partial charge in [0.05, 0.1) is 13.5 Å². The number of anilines is 3. The zero-order chi connectivity index (χ0) is 18.4. The highest BCUT2D eigenvalue weighted by Crippen LogP contribution is 2.21. The van der Waals surface area contributed by atoms with Crippen molar-refractivity contribution in [1.82, 2.24) is 0 Å². The summed E-state index contributed by atoms with van der Waals surface area (Å²) in [6, 6.07) is 21.0. The molecule has 0 aliphatic heterocycles. The predicted octanol–water partition coefficient (Wildman–Crippen LogP) is 4.76. The van der Waals surface area contributed by atoms with Crippen LogP contribution >= 0.6 is 0 Å². The molecular weight excluding hydrogens is 331 g/mol. The van der Waals surface area contributed by atoms with E-state index in [0.717, 1.165) is 17.1 Å². The maximum Gasteiger partial charge on any atom is 0.228 e. The fraction of sp³-hybridized carbons (Fsp3) is 0.0952. The van der Waals surface area contributed by atoms with E-state index in [4.69, 9.17) is 4.74 Å². The number of carbonyl (C=O) groups is 1. The van der Waals surface area contributed by atoms with Crippen LogP contribution in [0.25, 0.3) is 0 Å². The number of carbonyl (C=O) groups excluding carboxylic acids is 1. The van der Waals surface area contributed by atoms with Gasteiger partial charge in [-0.25, -0.2) is 4.39 Å². The SMILES string of the molecule is COc1ccc(Nc2ccc(NC(=O)Cc3cccc(F)c3)cc2)cc1. The molecule has 3 aromatic rings. The molecule has 0 unspecified atom stereocenters. The number of benzene rings is 3. The van der Waals surface area contributed by atoms with E-state index in [1.165, 1.54) is 12.1 Å². The van der Waals surface area contributed by atoms with Gasteiger partial charge in [0.25, 0.3) is 0 Å². The first-order valence-corrected chi connectivity index (χ1v) is 8.18. The van der Waals surface area contributed by atoms with Crippen molar-refractivity contribution in [2.24, 2.45) is 0 Å². The second-order valence-electron chi connectivity index (χ2n) is 5.79. The van der Waals surface area contributed by atoms with Gasteiger partial charge in [0.15, 0.2) is 0 Å². The molecule has 0 spiro atoms. The average Bonchev–Trinajstić information content (AvgIpc) is 2.64. The van der Waals surface area contributed by atoms with E-state index in [1.807, 2.05) is 48.5 Å². The number of rotatable bonds is 6. The minimum atomic E-state index is -0.343. The minimum absolute atomic E-state index is 0.129. The van der Waals surface area contributed by atoms with Gasteiger partial charge in [0, 0.05) is 17.1 Å². The van der Waals surface area contributed by atoms with Crippen molar-refractivity contribution in [2.45, 2.75) is 6.42 Å². The average molecular weight is 350 g/mol. The summed E-state index contributed by atoms with van der Waals surface area (Å²) in [6.07, 6.45) is 0.129. The van der Waals surface area contributed by atoms with Crippen LogP contribution in [0.2, 0.25) is 0 Å². The molecule has 2 N–H and O–H groups in total. The van der Waals surface area contributed by atoms with Crippen LogP contribution < -0.4 is 15.4 Å². The Morgan fingerprint density at radius 1 is 0.923 bits per heavy atom. The number of ether oxygens (including phenoxy) is 1. The summed E-state index contributed by atoms with van der Waals surface area (Å²) in [7, 11) is 1.63. The highest BCUT2D eigenvalue weighted by Gasteiger charge is 2.05. The molecule has 4 nitrogen and oxygen atoms in total. The maximum absolute atomic E-state index is 13.2. The molecule has 3 aromatic carbocycles. The molecule has 0 aliphatic carbocycles. The molecule has 0 saturated heterocycles. The largest absolute Gasteiger partial charge is 0.497 e. The lowest BCUT2D eigenvalue weighted by Crippen LogP contribution is -2.14. The van der Waals surface area contributed by atoms with Crippen LogP contribution in [0.1, 0.15) is 5.56 Å². The first-order chi connectivity index (χ1) is 12.6.